The molecule has 0 aliphatic heterocycles. The molecular weight excluding hydrogens is 312 g/mol. The molecule has 0 aliphatic rings. The van der Waals surface area contributed by atoms with Crippen LogP contribution in [0.25, 0.3) is 0 Å². The van der Waals surface area contributed by atoms with E-state index in [9.17, 15) is 4.79 Å². The number of carbonyl (C=O) groups is 1. The molecule has 0 spiro atoms. The number of hydrogen-bond donors (Lipinski definition) is 2. The summed E-state index contributed by atoms with van der Waals surface area (Å²) in [5, 5.41) is 7.89. The van der Waals surface area contributed by atoms with Gasteiger partial charge in [-0.15, -0.1) is 0 Å². The van der Waals surface area contributed by atoms with E-state index in [4.69, 9.17) is 17.3 Å². The van der Waals surface area contributed by atoms with Gasteiger partial charge in [0.15, 0.2) is 0 Å². The summed E-state index contributed by atoms with van der Waals surface area (Å²) in [5.41, 5.74) is 6.53. The number of amides is 1. The van der Waals surface area contributed by atoms with Crippen LogP contribution in [0.5, 0.6) is 0 Å². The van der Waals surface area contributed by atoms with Crippen molar-refractivity contribution in [2.75, 3.05) is 11.9 Å². The van der Waals surface area contributed by atoms with E-state index in [2.05, 4.69) is 10.4 Å². The maximum Gasteiger partial charge on any atom is 0.225 e. The number of anilines is 1. The van der Waals surface area contributed by atoms with Gasteiger partial charge in [-0.05, 0) is 37.1 Å². The zero-order valence-corrected chi connectivity index (χ0v) is 13.9. The van der Waals surface area contributed by atoms with Gasteiger partial charge >= 0.3 is 0 Å². The van der Waals surface area contributed by atoms with Gasteiger partial charge in [0.2, 0.25) is 5.91 Å². The van der Waals surface area contributed by atoms with E-state index in [-0.39, 0.29) is 5.91 Å². The summed E-state index contributed by atoms with van der Waals surface area (Å²) >= 11 is 5.89. The summed E-state index contributed by atoms with van der Waals surface area (Å²) in [4.78, 5) is 12.0. The summed E-state index contributed by atoms with van der Waals surface area (Å²) < 4.78 is 1.77. The highest BCUT2D eigenvalue weighted by Crippen LogP contribution is 2.14. The molecule has 0 saturated carbocycles. The number of carbonyl (C=O) groups excluding carboxylic acids is 1. The first-order valence-electron chi connectivity index (χ1n) is 7.95. The maximum atomic E-state index is 12.0. The van der Waals surface area contributed by atoms with Gasteiger partial charge in [-0.1, -0.05) is 36.6 Å². The van der Waals surface area contributed by atoms with Gasteiger partial charge in [0.05, 0.1) is 12.7 Å². The van der Waals surface area contributed by atoms with Crippen molar-refractivity contribution in [1.82, 2.24) is 9.78 Å². The first-order chi connectivity index (χ1) is 11.2. The van der Waals surface area contributed by atoms with Crippen LogP contribution >= 0.6 is 11.6 Å². The number of benzene rings is 1. The summed E-state index contributed by atoms with van der Waals surface area (Å²) in [6.45, 7) is 1.31. The normalized spacial score (nSPS) is 10.7. The molecule has 1 heterocycles. The fraction of sp³-hybridized carbons (Fsp3) is 0.412. The number of unbranched alkanes of at least 4 members (excludes halogenated alkanes) is 3. The number of rotatable bonds is 9. The van der Waals surface area contributed by atoms with Gasteiger partial charge < -0.3 is 11.1 Å². The van der Waals surface area contributed by atoms with E-state index in [1.807, 2.05) is 30.3 Å². The van der Waals surface area contributed by atoms with Gasteiger partial charge in [0.25, 0.3) is 0 Å². The summed E-state index contributed by atoms with van der Waals surface area (Å²) in [5.74, 6) is 0.738. The third-order valence-corrected chi connectivity index (χ3v) is 3.84. The minimum Gasteiger partial charge on any atom is -0.330 e. The minimum atomic E-state index is 0.0237. The van der Waals surface area contributed by atoms with E-state index in [0.717, 1.165) is 37.8 Å². The molecule has 0 saturated heterocycles. The predicted octanol–water partition coefficient (Wildman–Crippen LogP) is 3.43. The second-order valence-electron chi connectivity index (χ2n) is 5.50. The lowest BCUT2D eigenvalue weighted by atomic mass is 10.1. The Morgan fingerprint density at radius 3 is 2.61 bits per heavy atom. The fourth-order valence-electron chi connectivity index (χ4n) is 2.32. The highest BCUT2D eigenvalue weighted by molar-refractivity contribution is 6.30. The molecule has 2 rings (SSSR count). The Labute approximate surface area is 141 Å². The van der Waals surface area contributed by atoms with Crippen molar-refractivity contribution < 1.29 is 4.79 Å². The number of aromatic nitrogens is 2. The zero-order chi connectivity index (χ0) is 16.5. The van der Waals surface area contributed by atoms with Crippen LogP contribution in [0.1, 0.15) is 37.7 Å². The second-order valence-corrected chi connectivity index (χ2v) is 5.94. The van der Waals surface area contributed by atoms with E-state index in [1.165, 1.54) is 0 Å². The van der Waals surface area contributed by atoms with Crippen molar-refractivity contribution in [3.05, 3.63) is 47.1 Å². The molecule has 2 aromatic rings. The monoisotopic (exact) mass is 334 g/mol. The predicted molar refractivity (Wildman–Crippen MR) is 93.6 cm³/mol. The molecule has 5 nitrogen and oxygen atoms in total. The number of halogens is 1. The van der Waals surface area contributed by atoms with Gasteiger partial charge in [-0.3, -0.25) is 4.79 Å². The van der Waals surface area contributed by atoms with Crippen LogP contribution in [0, 0.1) is 0 Å². The Hall–Kier alpha value is -1.85. The Balaban J connectivity index is 1.83. The second kappa shape index (κ2) is 9.33. The summed E-state index contributed by atoms with van der Waals surface area (Å²) in [6.07, 6.45) is 6.24. The quantitative estimate of drug-likeness (QED) is 0.690. The molecule has 1 amide bonds. The van der Waals surface area contributed by atoms with Gasteiger partial charge in [0, 0.05) is 17.5 Å². The van der Waals surface area contributed by atoms with Crippen molar-refractivity contribution in [1.29, 1.82) is 0 Å². The smallest absolute Gasteiger partial charge is 0.225 e. The topological polar surface area (TPSA) is 72.9 Å². The van der Waals surface area contributed by atoms with Crippen molar-refractivity contribution in [2.45, 2.75) is 38.6 Å². The van der Waals surface area contributed by atoms with E-state index >= 15 is 0 Å². The number of hydrogen-bond acceptors (Lipinski definition) is 3. The number of nitrogens with two attached hydrogens (primary N) is 1. The average Bonchev–Trinajstić information content (AvgIpc) is 2.96. The summed E-state index contributed by atoms with van der Waals surface area (Å²) in [6, 6.07) is 9.41. The average molecular weight is 335 g/mol. The molecule has 23 heavy (non-hydrogen) atoms. The number of nitrogens with zero attached hydrogens (tertiary/aromatic N) is 2. The largest absolute Gasteiger partial charge is 0.330 e. The van der Waals surface area contributed by atoms with Crippen molar-refractivity contribution >= 4 is 23.3 Å². The third kappa shape index (κ3) is 6.04. The molecule has 124 valence electrons. The lowest BCUT2D eigenvalue weighted by Crippen LogP contribution is -2.15. The molecular formula is C17H23ClN4O. The molecule has 3 N–H and O–H groups in total. The Morgan fingerprint density at radius 1 is 1.13 bits per heavy atom. The third-order valence-electron chi connectivity index (χ3n) is 3.59. The van der Waals surface area contributed by atoms with Crippen LogP contribution in [-0.4, -0.2) is 22.2 Å². The fourth-order valence-corrected chi connectivity index (χ4v) is 2.44. The molecule has 0 unspecified atom stereocenters. The van der Waals surface area contributed by atoms with Gasteiger partial charge in [0.1, 0.15) is 5.82 Å². The SMILES string of the molecule is NCCCCCCC(=O)Nc1ccnn1Cc1ccc(Cl)cc1. The highest BCUT2D eigenvalue weighted by atomic mass is 35.5. The zero-order valence-electron chi connectivity index (χ0n) is 13.2. The maximum absolute atomic E-state index is 12.0. The van der Waals surface area contributed by atoms with Crippen molar-refractivity contribution in [2.24, 2.45) is 5.73 Å². The van der Waals surface area contributed by atoms with E-state index in [1.54, 1.807) is 10.9 Å². The van der Waals surface area contributed by atoms with Gasteiger partial charge in [-0.2, -0.15) is 5.10 Å². The van der Waals surface area contributed by atoms with Crippen molar-refractivity contribution in [3.8, 4) is 0 Å². The Bertz CT molecular complexity index is 609. The van der Waals surface area contributed by atoms with Crippen LogP contribution in [0.3, 0.4) is 0 Å². The van der Waals surface area contributed by atoms with Crippen LogP contribution in [0.2, 0.25) is 5.02 Å². The Morgan fingerprint density at radius 2 is 1.87 bits per heavy atom. The van der Waals surface area contributed by atoms with E-state index in [0.29, 0.717) is 23.8 Å². The molecule has 6 heteroatoms. The molecule has 0 aliphatic carbocycles. The molecule has 0 fully saturated rings. The van der Waals surface area contributed by atoms with Crippen LogP contribution in [0.15, 0.2) is 36.5 Å². The summed E-state index contributed by atoms with van der Waals surface area (Å²) in [7, 11) is 0. The first-order valence-corrected chi connectivity index (χ1v) is 8.33. The lowest BCUT2D eigenvalue weighted by molar-refractivity contribution is -0.116. The van der Waals surface area contributed by atoms with Crippen LogP contribution in [-0.2, 0) is 11.3 Å². The molecule has 0 atom stereocenters. The molecule has 0 radical (unpaired) electrons. The molecule has 0 bridgehead atoms. The molecule has 1 aromatic heterocycles. The number of nitrogens with one attached hydrogen (secondary N) is 1. The lowest BCUT2D eigenvalue weighted by Gasteiger charge is -2.09. The van der Waals surface area contributed by atoms with E-state index < -0.39 is 0 Å². The first kappa shape index (κ1) is 17.5. The standard InChI is InChI=1S/C17H23ClN4O/c18-15-8-6-14(7-9-15)13-22-16(10-12-20-22)21-17(23)5-3-1-2-4-11-19/h6-10,12H,1-5,11,13,19H2,(H,21,23). The molecule has 1 aromatic carbocycles. The van der Waals surface area contributed by atoms with Crippen LogP contribution in [0.4, 0.5) is 5.82 Å². The van der Waals surface area contributed by atoms with Crippen LogP contribution < -0.4 is 11.1 Å². The highest BCUT2D eigenvalue weighted by Gasteiger charge is 2.07. The Kier molecular flexibility index (Phi) is 7.10. The minimum absolute atomic E-state index is 0.0237. The van der Waals surface area contributed by atoms with Gasteiger partial charge in [-0.25, -0.2) is 4.68 Å². The van der Waals surface area contributed by atoms with Crippen molar-refractivity contribution in [3.63, 3.8) is 0 Å².